The van der Waals surface area contributed by atoms with E-state index in [0.29, 0.717) is 12.0 Å². The summed E-state index contributed by atoms with van der Waals surface area (Å²) in [5, 5.41) is 1.41. The molecule has 1 saturated heterocycles. The van der Waals surface area contributed by atoms with Gasteiger partial charge in [-0.05, 0) is 49.4 Å². The van der Waals surface area contributed by atoms with E-state index in [9.17, 15) is 0 Å². The summed E-state index contributed by atoms with van der Waals surface area (Å²) in [7, 11) is 0. The lowest BCUT2D eigenvalue weighted by Gasteiger charge is -2.45. The van der Waals surface area contributed by atoms with Crippen LogP contribution in [-0.2, 0) is 6.42 Å². The summed E-state index contributed by atoms with van der Waals surface area (Å²) >= 11 is 0. The normalized spacial score (nSPS) is 27.8. The molecule has 0 saturated carbocycles. The quantitative estimate of drug-likeness (QED) is 0.743. The van der Waals surface area contributed by atoms with Crippen LogP contribution in [0.2, 0.25) is 0 Å². The van der Waals surface area contributed by atoms with Crippen LogP contribution in [0.25, 0.3) is 17.1 Å². The summed E-state index contributed by atoms with van der Waals surface area (Å²) in [5.74, 6) is 0.706. The predicted molar refractivity (Wildman–Crippen MR) is 82.4 cm³/mol. The first-order valence-corrected chi connectivity index (χ1v) is 7.67. The van der Waals surface area contributed by atoms with Gasteiger partial charge in [-0.1, -0.05) is 12.1 Å². The molecule has 2 aromatic rings. The lowest BCUT2D eigenvalue weighted by molar-refractivity contribution is 0.0982. The van der Waals surface area contributed by atoms with Crippen LogP contribution in [0.5, 0.6) is 0 Å². The van der Waals surface area contributed by atoms with Crippen molar-refractivity contribution in [2.45, 2.75) is 25.3 Å². The molecule has 0 amide bonds. The number of nitrogens with two attached hydrogens (primary N) is 1. The van der Waals surface area contributed by atoms with Gasteiger partial charge in [0.1, 0.15) is 0 Å². The van der Waals surface area contributed by atoms with Gasteiger partial charge in [0.05, 0.1) is 11.6 Å². The molecule has 3 nitrogen and oxygen atoms in total. The van der Waals surface area contributed by atoms with Crippen LogP contribution >= 0.6 is 0 Å². The molecule has 2 N–H and O–H groups in total. The molecule has 5 rings (SSSR count). The smallest absolute Gasteiger partial charge is 0.0571 e. The van der Waals surface area contributed by atoms with Crippen LogP contribution in [0.15, 0.2) is 24.3 Å². The fraction of sp³-hybridized carbons (Fsp3) is 0.412. The number of anilines is 1. The van der Waals surface area contributed by atoms with Gasteiger partial charge in [0, 0.05) is 29.5 Å². The Morgan fingerprint density at radius 3 is 3.10 bits per heavy atom. The summed E-state index contributed by atoms with van der Waals surface area (Å²) in [6.45, 7) is 2.48. The number of hydrogen-bond donors (Lipinski definition) is 1. The maximum absolute atomic E-state index is 6.00. The average molecular weight is 265 g/mol. The molecule has 3 aliphatic rings. The van der Waals surface area contributed by atoms with Crippen LogP contribution in [-0.4, -0.2) is 22.6 Å². The number of aromatic nitrogens is 1. The van der Waals surface area contributed by atoms with Crippen LogP contribution in [0.1, 0.15) is 30.1 Å². The van der Waals surface area contributed by atoms with E-state index in [0.717, 1.165) is 5.69 Å². The number of nitrogen functional groups attached to an aromatic ring is 1. The molecule has 0 bridgehead atoms. The molecular weight excluding hydrogens is 246 g/mol. The molecule has 3 heteroatoms. The third-order valence-corrected chi connectivity index (χ3v) is 5.37. The Morgan fingerprint density at radius 1 is 1.20 bits per heavy atom. The van der Waals surface area contributed by atoms with E-state index in [1.54, 1.807) is 11.3 Å². The van der Waals surface area contributed by atoms with Gasteiger partial charge < -0.3 is 10.3 Å². The zero-order chi connectivity index (χ0) is 13.3. The van der Waals surface area contributed by atoms with Crippen molar-refractivity contribution in [2.75, 3.05) is 18.8 Å². The minimum Gasteiger partial charge on any atom is -0.399 e. The summed E-state index contributed by atoms with van der Waals surface area (Å²) < 4.78 is 2.40. The zero-order valence-electron chi connectivity index (χ0n) is 11.5. The zero-order valence-corrected chi connectivity index (χ0v) is 11.5. The van der Waals surface area contributed by atoms with Gasteiger partial charge in [-0.25, -0.2) is 0 Å². The van der Waals surface area contributed by atoms with Crippen molar-refractivity contribution in [1.82, 2.24) is 9.47 Å². The van der Waals surface area contributed by atoms with E-state index in [1.165, 1.54) is 43.3 Å². The SMILES string of the molecule is Nc1ccc2c3c4n(c2c1)C=C[C@H]1CCCN(CC3)[C@@H]41. The third kappa shape index (κ3) is 1.24. The Morgan fingerprint density at radius 2 is 2.15 bits per heavy atom. The Kier molecular flexibility index (Phi) is 2.01. The van der Waals surface area contributed by atoms with E-state index in [2.05, 4.69) is 33.9 Å². The molecular formula is C17H19N3. The molecule has 3 aliphatic heterocycles. The van der Waals surface area contributed by atoms with Crippen LogP contribution in [0.4, 0.5) is 5.69 Å². The van der Waals surface area contributed by atoms with Crippen molar-refractivity contribution >= 4 is 22.8 Å². The van der Waals surface area contributed by atoms with Gasteiger partial charge >= 0.3 is 0 Å². The lowest BCUT2D eigenvalue weighted by Crippen LogP contribution is -2.44. The van der Waals surface area contributed by atoms with E-state index in [4.69, 9.17) is 5.73 Å². The Bertz CT molecular complexity index is 740. The van der Waals surface area contributed by atoms with E-state index in [-0.39, 0.29) is 0 Å². The monoisotopic (exact) mass is 265 g/mol. The lowest BCUT2D eigenvalue weighted by atomic mass is 9.81. The van der Waals surface area contributed by atoms with E-state index < -0.39 is 0 Å². The van der Waals surface area contributed by atoms with Crippen molar-refractivity contribution in [3.63, 3.8) is 0 Å². The van der Waals surface area contributed by atoms with Crippen LogP contribution < -0.4 is 5.73 Å². The molecule has 102 valence electrons. The van der Waals surface area contributed by atoms with Gasteiger partial charge in [-0.15, -0.1) is 0 Å². The minimum absolute atomic E-state index is 0.603. The molecule has 2 atom stereocenters. The van der Waals surface area contributed by atoms with Gasteiger partial charge in [0.15, 0.2) is 0 Å². The average Bonchev–Trinajstić information content (AvgIpc) is 2.80. The number of benzene rings is 1. The maximum atomic E-state index is 6.00. The molecule has 4 heterocycles. The fourth-order valence-corrected chi connectivity index (χ4v) is 4.54. The summed E-state index contributed by atoms with van der Waals surface area (Å²) in [6, 6.07) is 6.99. The molecule has 20 heavy (non-hydrogen) atoms. The molecule has 1 fully saturated rings. The number of nitrogens with zero attached hydrogens (tertiary/aromatic N) is 2. The van der Waals surface area contributed by atoms with Gasteiger partial charge in [-0.2, -0.15) is 0 Å². The summed E-state index contributed by atoms with van der Waals surface area (Å²) in [5.41, 5.74) is 11.3. The maximum Gasteiger partial charge on any atom is 0.0571 e. The highest BCUT2D eigenvalue weighted by Gasteiger charge is 2.40. The van der Waals surface area contributed by atoms with Crippen molar-refractivity contribution in [3.05, 3.63) is 35.5 Å². The molecule has 0 aliphatic carbocycles. The Balaban J connectivity index is 1.86. The van der Waals surface area contributed by atoms with Gasteiger partial charge in [-0.3, -0.25) is 4.90 Å². The second-order valence-corrected chi connectivity index (χ2v) is 6.39. The Labute approximate surface area is 118 Å². The number of piperidine rings is 1. The first-order valence-electron chi connectivity index (χ1n) is 7.67. The second-order valence-electron chi connectivity index (χ2n) is 6.39. The van der Waals surface area contributed by atoms with Crippen molar-refractivity contribution < 1.29 is 0 Å². The number of hydrogen-bond acceptors (Lipinski definition) is 2. The topological polar surface area (TPSA) is 34.2 Å². The standard InChI is InChI=1S/C17H19N3/c18-12-3-4-13-14-6-8-19-7-1-2-11-5-9-20(15(13)10-12)17(14)16(11)19/h3-5,9-11,16H,1-2,6-8,18H2/t11-,16-/m1/s1. The first-order chi connectivity index (χ1) is 9.83. The Hall–Kier alpha value is -1.74. The largest absolute Gasteiger partial charge is 0.399 e. The molecule has 0 radical (unpaired) electrons. The second kappa shape index (κ2) is 3.67. The summed E-state index contributed by atoms with van der Waals surface area (Å²) in [4.78, 5) is 2.69. The number of fused-ring (bicyclic) bond motifs is 3. The summed E-state index contributed by atoms with van der Waals surface area (Å²) in [6.07, 6.45) is 8.56. The molecule has 1 aromatic heterocycles. The highest BCUT2D eigenvalue weighted by molar-refractivity contribution is 5.90. The minimum atomic E-state index is 0.603. The van der Waals surface area contributed by atoms with Crippen molar-refractivity contribution in [2.24, 2.45) is 5.92 Å². The van der Waals surface area contributed by atoms with Crippen molar-refractivity contribution in [3.8, 4) is 0 Å². The van der Waals surface area contributed by atoms with Gasteiger partial charge in [0.25, 0.3) is 0 Å². The number of rotatable bonds is 0. The highest BCUT2D eigenvalue weighted by Crippen LogP contribution is 2.47. The molecule has 0 spiro atoms. The van der Waals surface area contributed by atoms with Crippen molar-refractivity contribution in [1.29, 1.82) is 0 Å². The molecule has 0 unspecified atom stereocenters. The first kappa shape index (κ1) is 11.0. The fourth-order valence-electron chi connectivity index (χ4n) is 4.54. The van der Waals surface area contributed by atoms with Crippen LogP contribution in [0, 0.1) is 5.92 Å². The molecule has 1 aromatic carbocycles. The van der Waals surface area contributed by atoms with Crippen LogP contribution in [0.3, 0.4) is 0 Å². The highest BCUT2D eigenvalue weighted by atomic mass is 15.2. The van der Waals surface area contributed by atoms with E-state index in [1.807, 2.05) is 6.07 Å². The van der Waals surface area contributed by atoms with E-state index >= 15 is 0 Å². The van der Waals surface area contributed by atoms with Gasteiger partial charge in [0.2, 0.25) is 0 Å². The third-order valence-electron chi connectivity index (χ3n) is 5.37. The predicted octanol–water partition coefficient (Wildman–Crippen LogP) is 3.02.